The third kappa shape index (κ3) is 6.22. The van der Waals surface area contributed by atoms with Crippen molar-refractivity contribution >= 4 is 28.8 Å². The first kappa shape index (κ1) is 28.1. The van der Waals surface area contributed by atoms with E-state index in [0.29, 0.717) is 33.8 Å². The Morgan fingerprint density at radius 3 is 2.38 bits per heavy atom. The van der Waals surface area contributed by atoms with Crippen molar-refractivity contribution in [3.8, 4) is 22.4 Å². The number of nitrogens with zero attached hydrogens (tertiary/aromatic N) is 2. The van der Waals surface area contributed by atoms with E-state index in [1.807, 2.05) is 37.4 Å². The molecular weight excluding hydrogens is 527 g/mol. The van der Waals surface area contributed by atoms with Gasteiger partial charge in [-0.3, -0.25) is 20.3 Å². The number of aromatic nitrogens is 3. The fourth-order valence-corrected chi connectivity index (χ4v) is 4.43. The van der Waals surface area contributed by atoms with Crippen LogP contribution in [0.25, 0.3) is 33.3 Å². The number of fused-ring (bicyclic) bond motifs is 1. The largest absolute Gasteiger partial charge is 0.352 e. The van der Waals surface area contributed by atoms with E-state index in [1.54, 1.807) is 29.1 Å². The van der Waals surface area contributed by atoms with Gasteiger partial charge in [-0.25, -0.2) is 13.2 Å². The van der Waals surface area contributed by atoms with Gasteiger partial charge >= 0.3 is 0 Å². The summed E-state index contributed by atoms with van der Waals surface area (Å²) in [5, 5.41) is 5.68. The standard InChI is InChI=1S/C25H15ClF3N3O.C4H12N2/c26-16-6-7-17-21(10-16)31-22(13-33)23(17)25-18(15-4-2-1-3-5-15)11-30-32(25)12-14-8-19(27)24(29)20(28)9-14;1-3-4-6-5-2/h1-11,13,31H,12H2;5-6H,3-4H2,1-2H3. The predicted octanol–water partition coefficient (Wildman–Crippen LogP) is 6.75. The number of benzene rings is 3. The molecule has 5 rings (SSSR count). The Balaban J connectivity index is 0.000000531. The van der Waals surface area contributed by atoms with Crippen LogP contribution in [0.3, 0.4) is 0 Å². The van der Waals surface area contributed by atoms with Gasteiger partial charge in [-0.1, -0.05) is 54.9 Å². The number of aromatic amines is 1. The lowest BCUT2D eigenvalue weighted by atomic mass is 9.99. The second-order valence-corrected chi connectivity index (χ2v) is 9.14. The zero-order valence-electron chi connectivity index (χ0n) is 21.4. The first-order valence-electron chi connectivity index (χ1n) is 12.3. The van der Waals surface area contributed by atoms with Crippen LogP contribution in [0.15, 0.2) is 66.9 Å². The van der Waals surface area contributed by atoms with Crippen molar-refractivity contribution in [1.82, 2.24) is 25.6 Å². The van der Waals surface area contributed by atoms with E-state index in [9.17, 15) is 18.0 Å². The van der Waals surface area contributed by atoms with Gasteiger partial charge in [0.25, 0.3) is 0 Å². The Morgan fingerprint density at radius 2 is 1.77 bits per heavy atom. The van der Waals surface area contributed by atoms with Gasteiger partial charge in [0.15, 0.2) is 23.7 Å². The molecule has 202 valence electrons. The monoisotopic (exact) mass is 553 g/mol. The van der Waals surface area contributed by atoms with Crippen molar-refractivity contribution in [2.24, 2.45) is 0 Å². The van der Waals surface area contributed by atoms with E-state index in [-0.39, 0.29) is 12.1 Å². The van der Waals surface area contributed by atoms with Crippen LogP contribution in [-0.2, 0) is 6.54 Å². The van der Waals surface area contributed by atoms with Crippen LogP contribution < -0.4 is 10.9 Å². The number of carbonyl (C=O) groups excluding carboxylic acids is 1. The predicted molar refractivity (Wildman–Crippen MR) is 148 cm³/mol. The molecule has 0 aliphatic carbocycles. The van der Waals surface area contributed by atoms with E-state index in [4.69, 9.17) is 11.6 Å². The average molecular weight is 554 g/mol. The third-order valence-electron chi connectivity index (χ3n) is 6.00. The fourth-order valence-electron chi connectivity index (χ4n) is 4.25. The highest BCUT2D eigenvalue weighted by molar-refractivity contribution is 6.31. The molecule has 0 bridgehead atoms. The molecule has 0 saturated heterocycles. The quantitative estimate of drug-likeness (QED) is 0.0860. The zero-order valence-corrected chi connectivity index (χ0v) is 22.1. The molecule has 3 N–H and O–H groups in total. The number of hydrogen-bond donors (Lipinski definition) is 3. The highest BCUT2D eigenvalue weighted by Crippen LogP contribution is 2.39. The molecule has 0 spiro atoms. The number of hydrogen-bond acceptors (Lipinski definition) is 4. The van der Waals surface area contributed by atoms with Crippen molar-refractivity contribution in [2.75, 3.05) is 13.6 Å². The van der Waals surface area contributed by atoms with Gasteiger partial charge in [-0.15, -0.1) is 0 Å². The topological polar surface area (TPSA) is 74.7 Å². The van der Waals surface area contributed by atoms with Gasteiger partial charge in [0.2, 0.25) is 0 Å². The Morgan fingerprint density at radius 1 is 1.05 bits per heavy atom. The average Bonchev–Trinajstić information content (AvgIpc) is 3.51. The number of H-pyrrole nitrogens is 1. The number of nitrogens with one attached hydrogen (secondary N) is 3. The maximum atomic E-state index is 13.8. The molecule has 5 aromatic rings. The van der Waals surface area contributed by atoms with Crippen LogP contribution in [-0.4, -0.2) is 34.6 Å². The second kappa shape index (κ2) is 12.8. The van der Waals surface area contributed by atoms with Gasteiger partial charge < -0.3 is 4.98 Å². The molecule has 0 amide bonds. The lowest BCUT2D eigenvalue weighted by molar-refractivity contribution is 0.112. The summed E-state index contributed by atoms with van der Waals surface area (Å²) in [6.07, 6.45) is 3.51. The molecule has 2 heterocycles. The third-order valence-corrected chi connectivity index (χ3v) is 6.23. The Hall–Kier alpha value is -3.92. The molecule has 10 heteroatoms. The van der Waals surface area contributed by atoms with Crippen LogP contribution in [0.2, 0.25) is 5.02 Å². The molecule has 2 aromatic heterocycles. The molecule has 0 atom stereocenters. The number of rotatable bonds is 8. The maximum Gasteiger partial charge on any atom is 0.194 e. The van der Waals surface area contributed by atoms with Gasteiger partial charge in [-0.05, 0) is 48.9 Å². The molecular formula is C29H27ClF3N5O. The highest BCUT2D eigenvalue weighted by Gasteiger charge is 2.23. The van der Waals surface area contributed by atoms with Crippen molar-refractivity contribution in [3.05, 3.63) is 101 Å². The van der Waals surface area contributed by atoms with Crippen LogP contribution in [0.4, 0.5) is 13.2 Å². The minimum atomic E-state index is -1.53. The van der Waals surface area contributed by atoms with Crippen molar-refractivity contribution < 1.29 is 18.0 Å². The minimum absolute atomic E-state index is 0.0468. The molecule has 0 radical (unpaired) electrons. The molecule has 6 nitrogen and oxygen atoms in total. The smallest absolute Gasteiger partial charge is 0.194 e. The van der Waals surface area contributed by atoms with Crippen molar-refractivity contribution in [3.63, 3.8) is 0 Å². The maximum absolute atomic E-state index is 13.8. The number of hydrazine groups is 1. The minimum Gasteiger partial charge on any atom is -0.352 e. The van der Waals surface area contributed by atoms with Gasteiger partial charge in [0, 0.05) is 33.6 Å². The van der Waals surface area contributed by atoms with E-state index in [1.165, 1.54) is 6.42 Å². The van der Waals surface area contributed by atoms with Gasteiger partial charge in [0.05, 0.1) is 24.1 Å². The van der Waals surface area contributed by atoms with E-state index in [2.05, 4.69) is 27.9 Å². The summed E-state index contributed by atoms with van der Waals surface area (Å²) in [7, 11) is 1.87. The molecule has 3 aromatic carbocycles. The highest BCUT2D eigenvalue weighted by atomic mass is 35.5. The number of halogens is 4. The number of aldehydes is 1. The Kier molecular flexibility index (Phi) is 9.19. The zero-order chi connectivity index (χ0) is 27.9. The lowest BCUT2D eigenvalue weighted by Gasteiger charge is -2.12. The van der Waals surface area contributed by atoms with Gasteiger partial charge in [-0.2, -0.15) is 5.10 Å². The summed E-state index contributed by atoms with van der Waals surface area (Å²) >= 11 is 6.13. The van der Waals surface area contributed by atoms with E-state index >= 15 is 0 Å². The summed E-state index contributed by atoms with van der Waals surface area (Å²) in [6.45, 7) is 3.13. The van der Waals surface area contributed by atoms with Crippen LogP contribution in [0.1, 0.15) is 29.4 Å². The summed E-state index contributed by atoms with van der Waals surface area (Å²) in [4.78, 5) is 15.1. The van der Waals surface area contributed by atoms with E-state index < -0.39 is 17.5 Å². The number of carbonyl (C=O) groups is 1. The molecule has 0 aliphatic heterocycles. The summed E-state index contributed by atoms with van der Waals surface area (Å²) in [5.74, 6) is -4.09. The first-order chi connectivity index (χ1) is 18.9. The Bertz CT molecular complexity index is 1560. The summed E-state index contributed by atoms with van der Waals surface area (Å²) < 4.78 is 42.7. The fraction of sp³-hybridized carbons (Fsp3) is 0.172. The lowest BCUT2D eigenvalue weighted by Crippen LogP contribution is -2.27. The normalized spacial score (nSPS) is 10.9. The van der Waals surface area contributed by atoms with E-state index in [0.717, 1.165) is 35.2 Å². The molecule has 0 saturated carbocycles. The molecule has 0 unspecified atom stereocenters. The Labute approximate surface area is 228 Å². The van der Waals surface area contributed by atoms with Crippen LogP contribution in [0, 0.1) is 17.5 Å². The summed E-state index contributed by atoms with van der Waals surface area (Å²) in [5.41, 5.74) is 9.63. The van der Waals surface area contributed by atoms with Crippen molar-refractivity contribution in [1.29, 1.82) is 0 Å². The molecule has 39 heavy (non-hydrogen) atoms. The first-order valence-corrected chi connectivity index (χ1v) is 12.7. The van der Waals surface area contributed by atoms with Crippen molar-refractivity contribution in [2.45, 2.75) is 19.9 Å². The van der Waals surface area contributed by atoms with Crippen LogP contribution in [0.5, 0.6) is 0 Å². The SMILES string of the molecule is CCCNNC.O=Cc1[nH]c2cc(Cl)ccc2c1-c1c(-c2ccccc2)cnn1Cc1cc(F)c(F)c(F)c1. The summed E-state index contributed by atoms with van der Waals surface area (Å²) in [6, 6.07) is 16.5. The van der Waals surface area contributed by atoms with Crippen LogP contribution >= 0.6 is 11.6 Å². The second-order valence-electron chi connectivity index (χ2n) is 8.70. The molecule has 0 aliphatic rings. The molecule has 0 fully saturated rings. The van der Waals surface area contributed by atoms with Gasteiger partial charge in [0.1, 0.15) is 0 Å².